The number of hydrogen-bond donors (Lipinski definition) is 1. The maximum Gasteiger partial charge on any atom is 0.247 e. The second kappa shape index (κ2) is 6.54. The van der Waals surface area contributed by atoms with Crippen LogP contribution in [0.5, 0.6) is 11.5 Å². The van der Waals surface area contributed by atoms with Crippen LogP contribution < -0.4 is 15.2 Å². The van der Waals surface area contributed by atoms with Gasteiger partial charge in [0.15, 0.2) is 11.5 Å². The first kappa shape index (κ1) is 16.6. The van der Waals surface area contributed by atoms with E-state index in [0.717, 1.165) is 31.2 Å². The highest BCUT2D eigenvalue weighted by Gasteiger charge is 2.36. The standard InChI is InChI=1S/C15H19N3O3.ClH/c1-19-11-6-5-10(9-12(11)20-2)13-17-14(21-18-13)15(16)7-3-4-8-15;/h5-6,9H,3-4,7-8,16H2,1-2H3;1H. The van der Waals surface area contributed by atoms with Crippen molar-refractivity contribution in [2.24, 2.45) is 5.73 Å². The summed E-state index contributed by atoms with van der Waals surface area (Å²) < 4.78 is 15.9. The highest BCUT2D eigenvalue weighted by atomic mass is 35.5. The minimum atomic E-state index is -0.470. The van der Waals surface area contributed by atoms with Crippen LogP contribution in [0.1, 0.15) is 31.6 Å². The van der Waals surface area contributed by atoms with Crippen molar-refractivity contribution in [2.75, 3.05) is 14.2 Å². The molecule has 0 bridgehead atoms. The van der Waals surface area contributed by atoms with Crippen LogP contribution in [0.2, 0.25) is 0 Å². The molecule has 6 nitrogen and oxygen atoms in total. The molecular weight excluding hydrogens is 306 g/mol. The van der Waals surface area contributed by atoms with Gasteiger partial charge in [0.25, 0.3) is 0 Å². The highest BCUT2D eigenvalue weighted by Crippen LogP contribution is 2.37. The van der Waals surface area contributed by atoms with E-state index in [0.29, 0.717) is 23.2 Å². The molecule has 0 unspecified atom stereocenters. The number of nitrogens with zero attached hydrogens (tertiary/aromatic N) is 2. The Kier molecular flexibility index (Phi) is 4.93. The number of halogens is 1. The van der Waals surface area contributed by atoms with Gasteiger partial charge in [-0.1, -0.05) is 18.0 Å². The maximum atomic E-state index is 6.33. The minimum Gasteiger partial charge on any atom is -0.493 e. The molecule has 0 spiro atoms. The molecule has 1 fully saturated rings. The first-order valence-corrected chi connectivity index (χ1v) is 7.02. The smallest absolute Gasteiger partial charge is 0.247 e. The molecule has 1 aromatic carbocycles. The molecule has 1 heterocycles. The lowest BCUT2D eigenvalue weighted by atomic mass is 9.99. The second-order valence-electron chi connectivity index (χ2n) is 5.36. The molecule has 0 atom stereocenters. The third-order valence-electron chi connectivity index (χ3n) is 3.99. The summed E-state index contributed by atoms with van der Waals surface area (Å²) in [5, 5.41) is 4.04. The van der Waals surface area contributed by atoms with Crippen LogP contribution in [0.3, 0.4) is 0 Å². The zero-order chi connectivity index (χ0) is 14.9. The van der Waals surface area contributed by atoms with E-state index in [-0.39, 0.29) is 12.4 Å². The first-order valence-electron chi connectivity index (χ1n) is 7.02. The highest BCUT2D eigenvalue weighted by molar-refractivity contribution is 5.85. The summed E-state index contributed by atoms with van der Waals surface area (Å²) in [7, 11) is 3.19. The van der Waals surface area contributed by atoms with Crippen LogP contribution in [0.15, 0.2) is 22.7 Å². The monoisotopic (exact) mass is 325 g/mol. The van der Waals surface area contributed by atoms with Gasteiger partial charge in [-0.15, -0.1) is 12.4 Å². The molecular formula is C15H20ClN3O3. The molecule has 0 aliphatic heterocycles. The zero-order valence-electron chi connectivity index (χ0n) is 12.7. The SMILES string of the molecule is COc1ccc(-c2noc(C3(N)CCCC3)n2)cc1OC.Cl. The van der Waals surface area contributed by atoms with Crippen molar-refractivity contribution in [3.8, 4) is 22.9 Å². The lowest BCUT2D eigenvalue weighted by molar-refractivity contribution is 0.285. The van der Waals surface area contributed by atoms with E-state index in [1.54, 1.807) is 14.2 Å². The van der Waals surface area contributed by atoms with Gasteiger partial charge in [-0.25, -0.2) is 0 Å². The van der Waals surface area contributed by atoms with Gasteiger partial charge in [0, 0.05) is 5.56 Å². The normalized spacial score (nSPS) is 16.1. The summed E-state index contributed by atoms with van der Waals surface area (Å²) in [6, 6.07) is 5.51. The van der Waals surface area contributed by atoms with Gasteiger partial charge in [-0.2, -0.15) is 4.98 Å². The maximum absolute atomic E-state index is 6.33. The lowest BCUT2D eigenvalue weighted by Crippen LogP contribution is -2.33. The molecule has 3 rings (SSSR count). The van der Waals surface area contributed by atoms with Gasteiger partial charge in [-0.3, -0.25) is 0 Å². The largest absolute Gasteiger partial charge is 0.493 e. The van der Waals surface area contributed by atoms with E-state index < -0.39 is 5.54 Å². The minimum absolute atomic E-state index is 0. The fraction of sp³-hybridized carbons (Fsp3) is 0.467. The number of nitrogens with two attached hydrogens (primary N) is 1. The quantitative estimate of drug-likeness (QED) is 0.930. The third-order valence-corrected chi connectivity index (χ3v) is 3.99. The lowest BCUT2D eigenvalue weighted by Gasteiger charge is -2.17. The topological polar surface area (TPSA) is 83.4 Å². The Hall–Kier alpha value is -1.79. The van der Waals surface area contributed by atoms with Crippen LogP contribution in [0.25, 0.3) is 11.4 Å². The molecule has 0 saturated heterocycles. The van der Waals surface area contributed by atoms with Gasteiger partial charge < -0.3 is 19.7 Å². The fourth-order valence-corrected chi connectivity index (χ4v) is 2.74. The van der Waals surface area contributed by atoms with Gasteiger partial charge in [-0.05, 0) is 31.0 Å². The van der Waals surface area contributed by atoms with Crippen LogP contribution in [-0.4, -0.2) is 24.4 Å². The molecule has 1 saturated carbocycles. The van der Waals surface area contributed by atoms with E-state index in [4.69, 9.17) is 19.7 Å². The molecule has 1 aromatic heterocycles. The van der Waals surface area contributed by atoms with E-state index >= 15 is 0 Å². The summed E-state index contributed by atoms with van der Waals surface area (Å²) in [4.78, 5) is 4.47. The second-order valence-corrected chi connectivity index (χ2v) is 5.36. The molecule has 120 valence electrons. The molecule has 0 radical (unpaired) electrons. The number of methoxy groups -OCH3 is 2. The third kappa shape index (κ3) is 2.89. The number of aromatic nitrogens is 2. The molecule has 2 aromatic rings. The summed E-state index contributed by atoms with van der Waals surface area (Å²) >= 11 is 0. The Bertz CT molecular complexity index is 639. The van der Waals surface area contributed by atoms with Crippen molar-refractivity contribution in [1.82, 2.24) is 10.1 Å². The van der Waals surface area contributed by atoms with Crippen molar-refractivity contribution in [2.45, 2.75) is 31.2 Å². The predicted molar refractivity (Wildman–Crippen MR) is 84.4 cm³/mol. The van der Waals surface area contributed by atoms with Gasteiger partial charge >= 0.3 is 0 Å². The summed E-state index contributed by atoms with van der Waals surface area (Å²) in [5.41, 5.74) is 6.67. The predicted octanol–water partition coefficient (Wildman–Crippen LogP) is 2.90. The molecule has 2 N–H and O–H groups in total. The first-order chi connectivity index (χ1) is 10.2. The van der Waals surface area contributed by atoms with Crippen molar-refractivity contribution in [3.63, 3.8) is 0 Å². The summed E-state index contributed by atoms with van der Waals surface area (Å²) in [5.74, 6) is 2.33. The van der Waals surface area contributed by atoms with Gasteiger partial charge in [0.2, 0.25) is 11.7 Å². The Morgan fingerprint density at radius 1 is 1.14 bits per heavy atom. The Morgan fingerprint density at radius 3 is 2.45 bits per heavy atom. The van der Waals surface area contributed by atoms with E-state index in [1.807, 2.05) is 18.2 Å². The zero-order valence-corrected chi connectivity index (χ0v) is 13.5. The molecule has 7 heteroatoms. The summed E-state index contributed by atoms with van der Waals surface area (Å²) in [6.45, 7) is 0. The van der Waals surface area contributed by atoms with Gasteiger partial charge in [0.05, 0.1) is 19.8 Å². The van der Waals surface area contributed by atoms with Crippen LogP contribution >= 0.6 is 12.4 Å². The molecule has 1 aliphatic carbocycles. The number of benzene rings is 1. The molecule has 22 heavy (non-hydrogen) atoms. The van der Waals surface area contributed by atoms with Crippen LogP contribution in [-0.2, 0) is 5.54 Å². The Morgan fingerprint density at radius 2 is 1.82 bits per heavy atom. The summed E-state index contributed by atoms with van der Waals surface area (Å²) in [6.07, 6.45) is 3.98. The van der Waals surface area contributed by atoms with E-state index in [2.05, 4.69) is 10.1 Å². The molecule has 1 aliphatic rings. The average molecular weight is 326 g/mol. The Labute approximate surface area is 135 Å². The number of ether oxygens (including phenoxy) is 2. The fourth-order valence-electron chi connectivity index (χ4n) is 2.74. The van der Waals surface area contributed by atoms with Crippen molar-refractivity contribution in [1.29, 1.82) is 0 Å². The van der Waals surface area contributed by atoms with Crippen molar-refractivity contribution >= 4 is 12.4 Å². The molecule has 0 amide bonds. The number of hydrogen-bond acceptors (Lipinski definition) is 6. The van der Waals surface area contributed by atoms with Crippen LogP contribution in [0.4, 0.5) is 0 Å². The van der Waals surface area contributed by atoms with Crippen LogP contribution in [0, 0.1) is 0 Å². The Balaban J connectivity index is 0.00000176. The van der Waals surface area contributed by atoms with Gasteiger partial charge in [0.1, 0.15) is 0 Å². The van der Waals surface area contributed by atoms with Crippen molar-refractivity contribution in [3.05, 3.63) is 24.1 Å². The van der Waals surface area contributed by atoms with E-state index in [1.165, 1.54) is 0 Å². The van der Waals surface area contributed by atoms with E-state index in [9.17, 15) is 0 Å². The number of rotatable bonds is 4. The average Bonchev–Trinajstić information content (AvgIpc) is 3.16. The van der Waals surface area contributed by atoms with Crippen molar-refractivity contribution < 1.29 is 14.0 Å².